The predicted molar refractivity (Wildman–Crippen MR) is 125 cm³/mol. The van der Waals surface area contributed by atoms with E-state index in [1.54, 1.807) is 0 Å². The van der Waals surface area contributed by atoms with Gasteiger partial charge in [-0.1, -0.05) is 18.2 Å². The lowest BCUT2D eigenvalue weighted by Gasteiger charge is -2.35. The Balaban J connectivity index is 1.25. The summed E-state index contributed by atoms with van der Waals surface area (Å²) in [4.78, 5) is 39.0. The first-order valence-electron chi connectivity index (χ1n) is 11.2. The monoisotopic (exact) mass is 446 g/mol. The van der Waals surface area contributed by atoms with Crippen molar-refractivity contribution in [2.45, 2.75) is 31.8 Å². The third-order valence-electron chi connectivity index (χ3n) is 6.48. The average Bonchev–Trinajstić information content (AvgIpc) is 3.16. The Labute approximate surface area is 191 Å². The molecular weight excluding hydrogens is 420 g/mol. The van der Waals surface area contributed by atoms with Crippen molar-refractivity contribution < 1.29 is 19.5 Å². The second kappa shape index (κ2) is 8.37. The Hall–Kier alpha value is -3.65. The molecule has 3 amide bonds. The molecule has 0 aliphatic carbocycles. The zero-order valence-electron chi connectivity index (χ0n) is 18.4. The van der Waals surface area contributed by atoms with E-state index in [0.717, 1.165) is 47.1 Å². The first-order valence-corrected chi connectivity index (χ1v) is 11.2. The molecule has 0 fully saturated rings. The summed E-state index contributed by atoms with van der Waals surface area (Å²) in [6.45, 7) is 0.652. The largest absolute Gasteiger partial charge is 0.386 e. The Morgan fingerprint density at radius 1 is 1.09 bits per heavy atom. The number of para-hydroxylation sites is 1. The van der Waals surface area contributed by atoms with Gasteiger partial charge in [0.15, 0.2) is 0 Å². The van der Waals surface area contributed by atoms with E-state index in [9.17, 15) is 19.5 Å². The number of amides is 3. The molecule has 0 radical (unpaired) electrons. The Morgan fingerprint density at radius 3 is 2.67 bits per heavy atom. The molecular formula is C25H26N4O4. The SMILES string of the molecule is Cn1cc(C(O)CNC(=O)C(=O)Nc2cc3c4c(c2)CCC(=O)N4CCC3)c2ccccc21. The molecule has 8 heteroatoms. The number of aryl methyl sites for hydroxylation is 3. The molecule has 8 nitrogen and oxygen atoms in total. The normalized spacial score (nSPS) is 15.8. The number of carbonyl (C=O) groups excluding carboxylic acids is 3. The van der Waals surface area contributed by atoms with Gasteiger partial charge in [0.2, 0.25) is 5.91 Å². The van der Waals surface area contributed by atoms with Crippen LogP contribution in [0.3, 0.4) is 0 Å². The zero-order valence-corrected chi connectivity index (χ0v) is 18.4. The second-order valence-electron chi connectivity index (χ2n) is 8.68. The van der Waals surface area contributed by atoms with Crippen molar-refractivity contribution in [1.82, 2.24) is 9.88 Å². The Bertz CT molecular complexity index is 1260. The van der Waals surface area contributed by atoms with Crippen LogP contribution in [0.2, 0.25) is 0 Å². The van der Waals surface area contributed by atoms with Crippen molar-refractivity contribution in [2.24, 2.45) is 7.05 Å². The van der Waals surface area contributed by atoms with E-state index in [0.29, 0.717) is 24.1 Å². The number of benzene rings is 2. The number of aromatic nitrogens is 1. The minimum Gasteiger partial charge on any atom is -0.386 e. The minimum absolute atomic E-state index is 0.0766. The smallest absolute Gasteiger partial charge is 0.313 e. The molecule has 5 rings (SSSR count). The molecule has 1 atom stereocenters. The van der Waals surface area contributed by atoms with Gasteiger partial charge in [-0.3, -0.25) is 14.4 Å². The summed E-state index contributed by atoms with van der Waals surface area (Å²) in [5.41, 5.74) is 5.24. The van der Waals surface area contributed by atoms with Crippen LogP contribution in [0.15, 0.2) is 42.6 Å². The van der Waals surface area contributed by atoms with Crippen LogP contribution in [-0.2, 0) is 34.3 Å². The molecule has 2 aliphatic heterocycles. The van der Waals surface area contributed by atoms with E-state index in [4.69, 9.17) is 0 Å². The summed E-state index contributed by atoms with van der Waals surface area (Å²) in [6.07, 6.45) is 3.68. The van der Waals surface area contributed by atoms with Crippen molar-refractivity contribution in [2.75, 3.05) is 23.3 Å². The number of nitrogens with one attached hydrogen (secondary N) is 2. The maximum atomic E-state index is 12.5. The minimum atomic E-state index is -0.940. The van der Waals surface area contributed by atoms with Gasteiger partial charge in [-0.25, -0.2) is 0 Å². The summed E-state index contributed by atoms with van der Waals surface area (Å²) in [5.74, 6) is -1.45. The van der Waals surface area contributed by atoms with Crippen LogP contribution >= 0.6 is 0 Å². The number of carbonyl (C=O) groups is 3. The fourth-order valence-electron chi connectivity index (χ4n) is 4.93. The average molecular weight is 447 g/mol. The highest BCUT2D eigenvalue weighted by atomic mass is 16.3. The number of fused-ring (bicyclic) bond motifs is 1. The number of nitrogens with zero attached hydrogens (tertiary/aromatic N) is 2. The van der Waals surface area contributed by atoms with E-state index < -0.39 is 17.9 Å². The molecule has 170 valence electrons. The number of hydrogen-bond acceptors (Lipinski definition) is 4. The number of hydrogen-bond donors (Lipinski definition) is 3. The molecule has 0 saturated carbocycles. The van der Waals surface area contributed by atoms with Gasteiger partial charge in [-0.2, -0.15) is 0 Å². The zero-order chi connectivity index (χ0) is 23.1. The topological polar surface area (TPSA) is 104 Å². The Kier molecular flexibility index (Phi) is 5.38. The van der Waals surface area contributed by atoms with Crippen LogP contribution in [0.1, 0.15) is 35.6 Å². The fraction of sp³-hybridized carbons (Fsp3) is 0.320. The van der Waals surface area contributed by atoms with Crippen molar-refractivity contribution in [1.29, 1.82) is 0 Å². The molecule has 3 heterocycles. The third kappa shape index (κ3) is 3.87. The molecule has 3 aromatic rings. The second-order valence-corrected chi connectivity index (χ2v) is 8.68. The highest BCUT2D eigenvalue weighted by Crippen LogP contribution is 2.37. The molecule has 1 unspecified atom stereocenters. The predicted octanol–water partition coefficient (Wildman–Crippen LogP) is 2.19. The van der Waals surface area contributed by atoms with Crippen LogP contribution < -0.4 is 15.5 Å². The van der Waals surface area contributed by atoms with Crippen LogP contribution in [0.25, 0.3) is 10.9 Å². The quantitative estimate of drug-likeness (QED) is 0.535. The first kappa shape index (κ1) is 21.2. The number of rotatable bonds is 4. The summed E-state index contributed by atoms with van der Waals surface area (Å²) < 4.78 is 1.92. The van der Waals surface area contributed by atoms with Gasteiger partial charge in [0.05, 0.1) is 11.8 Å². The molecule has 0 saturated heterocycles. The van der Waals surface area contributed by atoms with Gasteiger partial charge < -0.3 is 25.2 Å². The van der Waals surface area contributed by atoms with Crippen LogP contribution in [0.5, 0.6) is 0 Å². The van der Waals surface area contributed by atoms with E-state index in [1.807, 2.05) is 59.1 Å². The highest BCUT2D eigenvalue weighted by Gasteiger charge is 2.30. The van der Waals surface area contributed by atoms with Crippen LogP contribution in [-0.4, -0.2) is 40.5 Å². The van der Waals surface area contributed by atoms with Crippen LogP contribution in [0, 0.1) is 0 Å². The van der Waals surface area contributed by atoms with Crippen molar-refractivity contribution in [3.05, 3.63) is 59.3 Å². The number of aliphatic hydroxyl groups excluding tert-OH is 1. The maximum Gasteiger partial charge on any atom is 0.313 e. The highest BCUT2D eigenvalue weighted by molar-refractivity contribution is 6.39. The molecule has 3 N–H and O–H groups in total. The fourth-order valence-corrected chi connectivity index (χ4v) is 4.93. The lowest BCUT2D eigenvalue weighted by Crippen LogP contribution is -2.39. The molecule has 2 aliphatic rings. The Morgan fingerprint density at radius 2 is 1.85 bits per heavy atom. The van der Waals surface area contributed by atoms with Gasteiger partial charge in [0.1, 0.15) is 0 Å². The summed E-state index contributed by atoms with van der Waals surface area (Å²) >= 11 is 0. The first-order chi connectivity index (χ1) is 15.9. The van der Waals surface area contributed by atoms with E-state index in [1.165, 1.54) is 0 Å². The number of aliphatic hydroxyl groups is 1. The van der Waals surface area contributed by atoms with Gasteiger partial charge in [-0.15, -0.1) is 0 Å². The number of anilines is 2. The van der Waals surface area contributed by atoms with E-state index in [-0.39, 0.29) is 12.5 Å². The van der Waals surface area contributed by atoms with Gasteiger partial charge in [-0.05, 0) is 48.6 Å². The molecule has 2 aromatic carbocycles. The van der Waals surface area contributed by atoms with Gasteiger partial charge in [0.25, 0.3) is 0 Å². The van der Waals surface area contributed by atoms with Crippen molar-refractivity contribution in [3.63, 3.8) is 0 Å². The standard InChI is InChI=1S/C25H26N4O4/c1-28-14-19(18-6-2-3-7-20(18)28)21(30)13-26-24(32)25(33)27-17-11-15-5-4-10-29-22(31)9-8-16(12-17)23(15)29/h2-3,6-7,11-12,14,21,30H,4-5,8-10,13H2,1H3,(H,26,32)(H,27,33). The van der Waals surface area contributed by atoms with E-state index >= 15 is 0 Å². The summed E-state index contributed by atoms with van der Waals surface area (Å²) in [5, 5.41) is 16.7. The van der Waals surface area contributed by atoms with Gasteiger partial charge in [0, 0.05) is 54.9 Å². The van der Waals surface area contributed by atoms with Crippen molar-refractivity contribution >= 4 is 40.0 Å². The molecule has 0 bridgehead atoms. The molecule has 33 heavy (non-hydrogen) atoms. The van der Waals surface area contributed by atoms with Crippen LogP contribution in [0.4, 0.5) is 11.4 Å². The lowest BCUT2D eigenvalue weighted by atomic mass is 9.91. The molecule has 1 aromatic heterocycles. The van der Waals surface area contributed by atoms with E-state index in [2.05, 4.69) is 10.6 Å². The third-order valence-corrected chi connectivity index (χ3v) is 6.48. The lowest BCUT2D eigenvalue weighted by molar-refractivity contribution is -0.136. The van der Waals surface area contributed by atoms with Crippen molar-refractivity contribution in [3.8, 4) is 0 Å². The molecule has 0 spiro atoms. The maximum absolute atomic E-state index is 12.5. The summed E-state index contributed by atoms with van der Waals surface area (Å²) in [7, 11) is 1.89. The summed E-state index contributed by atoms with van der Waals surface area (Å²) in [6, 6.07) is 11.4. The van der Waals surface area contributed by atoms with Gasteiger partial charge >= 0.3 is 11.8 Å².